The van der Waals surface area contributed by atoms with Crippen LogP contribution in [-0.4, -0.2) is 7.11 Å². The lowest BCUT2D eigenvalue weighted by Gasteiger charge is -2.14. The Morgan fingerprint density at radius 1 is 1.16 bits per heavy atom. The summed E-state index contributed by atoms with van der Waals surface area (Å²) in [7, 11) is 1.55. The van der Waals surface area contributed by atoms with Gasteiger partial charge in [0.1, 0.15) is 11.6 Å². The number of rotatable bonds is 3. The molecule has 0 radical (unpaired) electrons. The number of hydrogen-bond acceptors (Lipinski definition) is 1. The van der Waals surface area contributed by atoms with Gasteiger partial charge in [-0.3, -0.25) is 0 Å². The Morgan fingerprint density at radius 3 is 2.42 bits per heavy atom. The van der Waals surface area contributed by atoms with Crippen LogP contribution < -0.4 is 4.74 Å². The van der Waals surface area contributed by atoms with Gasteiger partial charge in [-0.15, -0.1) is 11.6 Å². The number of halogens is 4. The highest BCUT2D eigenvalue weighted by Gasteiger charge is 2.18. The molecular formula is C14H10BrCl2FO. The molecule has 0 aliphatic carbocycles. The molecule has 100 valence electrons. The summed E-state index contributed by atoms with van der Waals surface area (Å²) in [5.41, 5.74) is 1.03. The maximum atomic E-state index is 13.9. The largest absolute Gasteiger partial charge is 0.497 e. The predicted molar refractivity (Wildman–Crippen MR) is 79.8 cm³/mol. The average Bonchev–Trinajstić information content (AvgIpc) is 2.37. The quantitative estimate of drug-likeness (QED) is 0.647. The van der Waals surface area contributed by atoms with Crippen LogP contribution in [0.4, 0.5) is 4.39 Å². The summed E-state index contributed by atoms with van der Waals surface area (Å²) in [6.45, 7) is 0. The van der Waals surface area contributed by atoms with Crippen LogP contribution in [-0.2, 0) is 0 Å². The fourth-order valence-corrected chi connectivity index (χ4v) is 2.75. The zero-order chi connectivity index (χ0) is 14.0. The number of methoxy groups -OCH3 is 1. The van der Waals surface area contributed by atoms with Crippen molar-refractivity contribution < 1.29 is 9.13 Å². The Morgan fingerprint density at radius 2 is 1.84 bits per heavy atom. The molecule has 0 saturated carbocycles. The molecule has 0 aromatic heterocycles. The lowest BCUT2D eigenvalue weighted by Crippen LogP contribution is -1.98. The van der Waals surface area contributed by atoms with Crippen molar-refractivity contribution in [3.63, 3.8) is 0 Å². The summed E-state index contributed by atoms with van der Waals surface area (Å²) in [4.78, 5) is 0. The number of alkyl halides is 1. The molecule has 0 aliphatic heterocycles. The molecule has 0 heterocycles. The second-order valence-electron chi connectivity index (χ2n) is 3.92. The topological polar surface area (TPSA) is 9.23 Å². The molecule has 2 aromatic rings. The van der Waals surface area contributed by atoms with Gasteiger partial charge in [0.25, 0.3) is 0 Å². The number of ether oxygens (including phenoxy) is 1. The van der Waals surface area contributed by atoms with Crippen molar-refractivity contribution in [3.05, 3.63) is 62.8 Å². The van der Waals surface area contributed by atoms with Crippen LogP contribution in [0.2, 0.25) is 5.02 Å². The SMILES string of the molecule is COc1ccc(C(Cl)c2ccc(Br)cc2F)c(Cl)c1. The Labute approximate surface area is 129 Å². The molecular weight excluding hydrogens is 354 g/mol. The van der Waals surface area contributed by atoms with E-state index in [4.69, 9.17) is 27.9 Å². The van der Waals surface area contributed by atoms with Crippen LogP contribution >= 0.6 is 39.1 Å². The lowest BCUT2D eigenvalue weighted by molar-refractivity contribution is 0.414. The molecule has 0 N–H and O–H groups in total. The van der Waals surface area contributed by atoms with Crippen molar-refractivity contribution in [1.29, 1.82) is 0 Å². The first-order chi connectivity index (χ1) is 9.02. The minimum Gasteiger partial charge on any atom is -0.497 e. The first kappa shape index (κ1) is 14.6. The molecule has 0 aliphatic rings. The third-order valence-electron chi connectivity index (χ3n) is 2.72. The fourth-order valence-electron chi connectivity index (χ4n) is 1.71. The Kier molecular flexibility index (Phi) is 4.71. The van der Waals surface area contributed by atoms with Crippen molar-refractivity contribution in [2.45, 2.75) is 5.38 Å². The molecule has 5 heteroatoms. The highest BCUT2D eigenvalue weighted by Crippen LogP contribution is 2.37. The van der Waals surface area contributed by atoms with Crippen LogP contribution in [0.3, 0.4) is 0 Å². The number of hydrogen-bond donors (Lipinski definition) is 0. The summed E-state index contributed by atoms with van der Waals surface area (Å²) in [5.74, 6) is 0.259. The smallest absolute Gasteiger partial charge is 0.129 e. The normalized spacial score (nSPS) is 12.3. The van der Waals surface area contributed by atoms with Gasteiger partial charge in [0.15, 0.2) is 0 Å². The maximum Gasteiger partial charge on any atom is 0.129 e. The van der Waals surface area contributed by atoms with Crippen molar-refractivity contribution in [1.82, 2.24) is 0 Å². The van der Waals surface area contributed by atoms with Crippen LogP contribution in [0.1, 0.15) is 16.5 Å². The van der Waals surface area contributed by atoms with E-state index in [0.717, 1.165) is 0 Å². The predicted octanol–water partition coefficient (Wildman–Crippen LogP) is 5.58. The summed E-state index contributed by atoms with van der Waals surface area (Å²) >= 11 is 15.7. The summed E-state index contributed by atoms with van der Waals surface area (Å²) in [6, 6.07) is 9.89. The van der Waals surface area contributed by atoms with Crippen LogP contribution in [0.25, 0.3) is 0 Å². The molecule has 2 rings (SSSR count). The minimum atomic E-state index is -0.647. The first-order valence-electron chi connectivity index (χ1n) is 5.45. The van der Waals surface area contributed by atoms with E-state index in [2.05, 4.69) is 15.9 Å². The highest BCUT2D eigenvalue weighted by atomic mass is 79.9. The molecule has 1 unspecified atom stereocenters. The maximum absolute atomic E-state index is 13.9. The molecule has 1 nitrogen and oxygen atoms in total. The Bertz CT molecular complexity index is 604. The van der Waals surface area contributed by atoms with Crippen LogP contribution in [0.15, 0.2) is 40.9 Å². The van der Waals surface area contributed by atoms with Gasteiger partial charge < -0.3 is 4.74 Å². The highest BCUT2D eigenvalue weighted by molar-refractivity contribution is 9.10. The molecule has 0 saturated heterocycles. The van der Waals surface area contributed by atoms with E-state index in [-0.39, 0.29) is 5.82 Å². The van der Waals surface area contributed by atoms with Crippen LogP contribution in [0, 0.1) is 5.82 Å². The second kappa shape index (κ2) is 6.12. The fraction of sp³-hybridized carbons (Fsp3) is 0.143. The zero-order valence-electron chi connectivity index (χ0n) is 9.96. The van der Waals surface area contributed by atoms with Gasteiger partial charge in [-0.25, -0.2) is 4.39 Å². The molecule has 1 atom stereocenters. The molecule has 0 bridgehead atoms. The lowest BCUT2D eigenvalue weighted by atomic mass is 10.0. The van der Waals surface area contributed by atoms with Gasteiger partial charge in [0.2, 0.25) is 0 Å². The van der Waals surface area contributed by atoms with E-state index in [1.807, 2.05) is 0 Å². The van der Waals surface area contributed by atoms with Crippen molar-refractivity contribution in [2.24, 2.45) is 0 Å². The van der Waals surface area contributed by atoms with E-state index in [0.29, 0.717) is 26.4 Å². The Balaban J connectivity index is 2.41. The van der Waals surface area contributed by atoms with E-state index >= 15 is 0 Å². The molecule has 19 heavy (non-hydrogen) atoms. The molecule has 0 spiro atoms. The van der Waals surface area contributed by atoms with E-state index < -0.39 is 5.38 Å². The summed E-state index contributed by atoms with van der Waals surface area (Å²) in [6.07, 6.45) is 0. The third kappa shape index (κ3) is 3.22. The van der Waals surface area contributed by atoms with Gasteiger partial charge in [0.05, 0.1) is 12.5 Å². The summed E-state index contributed by atoms with van der Waals surface area (Å²) in [5, 5.41) is -0.201. The molecule has 0 fully saturated rings. The van der Waals surface area contributed by atoms with Crippen molar-refractivity contribution >= 4 is 39.1 Å². The van der Waals surface area contributed by atoms with Crippen molar-refractivity contribution in [2.75, 3.05) is 7.11 Å². The monoisotopic (exact) mass is 362 g/mol. The van der Waals surface area contributed by atoms with Gasteiger partial charge >= 0.3 is 0 Å². The second-order valence-corrected chi connectivity index (χ2v) is 5.68. The Hall–Kier alpha value is -0.770. The minimum absolute atomic E-state index is 0.374. The van der Waals surface area contributed by atoms with Crippen molar-refractivity contribution in [3.8, 4) is 5.75 Å². The third-order valence-corrected chi connectivity index (χ3v) is 4.01. The van der Waals surface area contributed by atoms with Gasteiger partial charge in [0, 0.05) is 15.1 Å². The van der Waals surface area contributed by atoms with Gasteiger partial charge in [-0.05, 0) is 29.8 Å². The van der Waals surface area contributed by atoms with Crippen LogP contribution in [0.5, 0.6) is 5.75 Å². The average molecular weight is 364 g/mol. The van der Waals surface area contributed by atoms with E-state index in [1.165, 1.54) is 6.07 Å². The molecule has 2 aromatic carbocycles. The first-order valence-corrected chi connectivity index (χ1v) is 7.06. The molecule has 0 amide bonds. The van der Waals surface area contributed by atoms with E-state index in [1.54, 1.807) is 37.4 Å². The van der Waals surface area contributed by atoms with Gasteiger partial charge in [-0.1, -0.05) is 39.7 Å². The standard InChI is InChI=1S/C14H10BrCl2FO/c1-19-9-3-5-10(12(16)7-9)14(17)11-4-2-8(15)6-13(11)18/h2-7,14H,1H3. The van der Waals surface area contributed by atoms with Gasteiger partial charge in [-0.2, -0.15) is 0 Å². The summed E-state index contributed by atoms with van der Waals surface area (Å²) < 4.78 is 19.6. The number of benzene rings is 2. The zero-order valence-corrected chi connectivity index (χ0v) is 13.1. The van der Waals surface area contributed by atoms with E-state index in [9.17, 15) is 4.39 Å².